The quantitative estimate of drug-likeness (QED) is 0.631. The van der Waals surface area contributed by atoms with E-state index in [1.807, 2.05) is 24.7 Å². The Kier molecular flexibility index (Phi) is 5.57. The molecule has 1 aliphatic heterocycles. The Labute approximate surface area is 174 Å². The van der Waals surface area contributed by atoms with Gasteiger partial charge >= 0.3 is 0 Å². The van der Waals surface area contributed by atoms with E-state index in [1.54, 1.807) is 24.1 Å². The molecule has 1 fully saturated rings. The van der Waals surface area contributed by atoms with Gasteiger partial charge in [-0.1, -0.05) is 6.92 Å². The van der Waals surface area contributed by atoms with E-state index in [-0.39, 0.29) is 18.2 Å². The number of aromatic nitrogens is 5. The minimum Gasteiger partial charge on any atom is -0.472 e. The van der Waals surface area contributed by atoms with Crippen molar-refractivity contribution in [3.63, 3.8) is 0 Å². The molecule has 30 heavy (non-hydrogen) atoms. The molecule has 0 bridgehead atoms. The van der Waals surface area contributed by atoms with Gasteiger partial charge in [-0.15, -0.1) is 5.10 Å². The van der Waals surface area contributed by atoms with Crippen molar-refractivity contribution in [1.29, 1.82) is 5.26 Å². The van der Waals surface area contributed by atoms with Crippen LogP contribution < -0.4 is 10.1 Å². The Hall–Kier alpha value is -3.16. The number of methoxy groups -OCH3 is 1. The number of nitriles is 1. The maximum atomic E-state index is 9.65. The van der Waals surface area contributed by atoms with Crippen molar-refractivity contribution < 1.29 is 14.2 Å². The second kappa shape index (κ2) is 8.30. The van der Waals surface area contributed by atoms with E-state index in [1.165, 1.54) is 0 Å². The van der Waals surface area contributed by atoms with Gasteiger partial charge in [-0.05, 0) is 19.4 Å². The molecule has 4 heterocycles. The molecular formula is C20H25N7O3. The van der Waals surface area contributed by atoms with Crippen molar-refractivity contribution in [3.05, 3.63) is 24.2 Å². The van der Waals surface area contributed by atoms with Crippen LogP contribution in [0.25, 0.3) is 11.0 Å². The molecule has 0 aliphatic carbocycles. The van der Waals surface area contributed by atoms with Crippen molar-refractivity contribution in [3.8, 4) is 11.9 Å². The van der Waals surface area contributed by atoms with Gasteiger partial charge in [-0.3, -0.25) is 4.68 Å². The number of anilines is 2. The monoisotopic (exact) mass is 411 g/mol. The summed E-state index contributed by atoms with van der Waals surface area (Å²) >= 11 is 0. The first-order valence-corrected chi connectivity index (χ1v) is 9.90. The van der Waals surface area contributed by atoms with Gasteiger partial charge in [0, 0.05) is 25.7 Å². The highest BCUT2D eigenvalue weighted by Crippen LogP contribution is 2.31. The molecule has 0 aromatic carbocycles. The van der Waals surface area contributed by atoms with Gasteiger partial charge in [0.05, 0.1) is 31.6 Å². The number of hydrogen-bond donors (Lipinski definition) is 1. The Morgan fingerprint density at radius 2 is 2.27 bits per heavy atom. The number of nitrogens with zero attached hydrogens (tertiary/aromatic N) is 6. The van der Waals surface area contributed by atoms with Gasteiger partial charge in [0.15, 0.2) is 0 Å². The molecule has 0 radical (unpaired) electrons. The minimum absolute atomic E-state index is 0.0348. The molecule has 0 saturated carbocycles. The van der Waals surface area contributed by atoms with E-state index >= 15 is 0 Å². The smallest absolute Gasteiger partial charge is 0.257 e. The van der Waals surface area contributed by atoms with Crippen LogP contribution in [0, 0.1) is 11.3 Å². The minimum atomic E-state index is -0.145. The summed E-state index contributed by atoms with van der Waals surface area (Å²) in [4.78, 5) is 9.09. The summed E-state index contributed by atoms with van der Waals surface area (Å²) in [6.07, 6.45) is 4.27. The highest BCUT2D eigenvalue weighted by molar-refractivity contribution is 5.79. The zero-order chi connectivity index (χ0) is 21.3. The highest BCUT2D eigenvalue weighted by Gasteiger charge is 2.32. The topological polar surface area (TPSA) is 112 Å². The highest BCUT2D eigenvalue weighted by atomic mass is 16.5. The summed E-state index contributed by atoms with van der Waals surface area (Å²) in [7, 11) is 3.47. The van der Waals surface area contributed by atoms with Crippen LogP contribution in [0.4, 0.5) is 11.6 Å². The Morgan fingerprint density at radius 1 is 1.43 bits per heavy atom. The predicted molar refractivity (Wildman–Crippen MR) is 110 cm³/mol. The third-order valence-corrected chi connectivity index (χ3v) is 5.25. The van der Waals surface area contributed by atoms with E-state index in [0.717, 1.165) is 11.8 Å². The molecule has 1 saturated heterocycles. The molecule has 3 atom stereocenters. The average Bonchev–Trinajstić information content (AvgIpc) is 3.43. The van der Waals surface area contributed by atoms with Crippen molar-refractivity contribution in [1.82, 2.24) is 24.3 Å². The van der Waals surface area contributed by atoms with E-state index in [2.05, 4.69) is 33.4 Å². The molecule has 4 rings (SSSR count). The summed E-state index contributed by atoms with van der Waals surface area (Å²) < 4.78 is 20.6. The summed E-state index contributed by atoms with van der Waals surface area (Å²) in [5.74, 6) is 0.883. The normalized spacial score (nSPS) is 19.7. The summed E-state index contributed by atoms with van der Waals surface area (Å²) in [6, 6.07) is 3.90. The fourth-order valence-corrected chi connectivity index (χ4v) is 3.51. The van der Waals surface area contributed by atoms with Crippen molar-refractivity contribution >= 4 is 22.7 Å². The number of ether oxygens (including phenoxy) is 3. The number of fused-ring (bicyclic) bond motifs is 1. The zero-order valence-corrected chi connectivity index (χ0v) is 17.5. The van der Waals surface area contributed by atoms with Gasteiger partial charge in [0.1, 0.15) is 29.2 Å². The fraction of sp³-hybridized carbons (Fsp3) is 0.500. The van der Waals surface area contributed by atoms with Gasteiger partial charge in [-0.25, -0.2) is 4.98 Å². The van der Waals surface area contributed by atoms with Crippen LogP contribution in [-0.4, -0.2) is 56.8 Å². The van der Waals surface area contributed by atoms with Crippen LogP contribution in [0.5, 0.6) is 5.88 Å². The fourth-order valence-electron chi connectivity index (χ4n) is 3.51. The molecule has 3 aromatic heterocycles. The SMILES string of the molecule is CC[C@@H](C)Oc1nn(C)cc1Nc1ncc2cc(C#N)n([C@@H]3COC[C@@H]3OC)c2n1. The van der Waals surface area contributed by atoms with Crippen LogP contribution in [0.15, 0.2) is 18.5 Å². The predicted octanol–water partition coefficient (Wildman–Crippen LogP) is 2.54. The summed E-state index contributed by atoms with van der Waals surface area (Å²) in [5.41, 5.74) is 1.82. The molecule has 0 amide bonds. The summed E-state index contributed by atoms with van der Waals surface area (Å²) in [6.45, 7) is 4.99. The molecule has 3 aromatic rings. The second-order valence-corrected chi connectivity index (χ2v) is 7.35. The van der Waals surface area contributed by atoms with Crippen LogP contribution in [-0.2, 0) is 16.5 Å². The number of hydrogen-bond acceptors (Lipinski definition) is 8. The number of rotatable bonds is 7. The first kappa shape index (κ1) is 20.1. The van der Waals surface area contributed by atoms with E-state index in [9.17, 15) is 5.26 Å². The van der Waals surface area contributed by atoms with E-state index < -0.39 is 0 Å². The van der Waals surface area contributed by atoms with Crippen molar-refractivity contribution in [2.24, 2.45) is 7.05 Å². The maximum absolute atomic E-state index is 9.65. The van der Waals surface area contributed by atoms with Gasteiger partial charge in [0.2, 0.25) is 5.95 Å². The molecule has 1 N–H and O–H groups in total. The van der Waals surface area contributed by atoms with Crippen LogP contribution >= 0.6 is 0 Å². The first-order chi connectivity index (χ1) is 14.5. The maximum Gasteiger partial charge on any atom is 0.257 e. The van der Waals surface area contributed by atoms with E-state index in [0.29, 0.717) is 42.1 Å². The Bertz CT molecular complexity index is 1080. The molecule has 158 valence electrons. The molecule has 10 heteroatoms. The number of nitrogens with one attached hydrogen (secondary N) is 1. The molecule has 0 unspecified atom stereocenters. The zero-order valence-electron chi connectivity index (χ0n) is 17.5. The molecular weight excluding hydrogens is 386 g/mol. The Morgan fingerprint density at radius 3 is 3.00 bits per heavy atom. The lowest BCUT2D eigenvalue weighted by Crippen LogP contribution is -2.25. The average molecular weight is 411 g/mol. The van der Waals surface area contributed by atoms with Crippen LogP contribution in [0.1, 0.15) is 32.0 Å². The van der Waals surface area contributed by atoms with Gasteiger partial charge in [-0.2, -0.15) is 10.2 Å². The lowest BCUT2D eigenvalue weighted by atomic mass is 10.2. The molecule has 1 aliphatic rings. The van der Waals surface area contributed by atoms with Crippen molar-refractivity contribution in [2.75, 3.05) is 25.6 Å². The Balaban J connectivity index is 1.71. The van der Waals surface area contributed by atoms with Gasteiger partial charge < -0.3 is 24.1 Å². The number of aryl methyl sites for hydroxylation is 1. The molecule has 0 spiro atoms. The lowest BCUT2D eigenvalue weighted by Gasteiger charge is -2.19. The van der Waals surface area contributed by atoms with E-state index in [4.69, 9.17) is 14.2 Å². The van der Waals surface area contributed by atoms with Crippen molar-refractivity contribution in [2.45, 2.75) is 38.5 Å². The van der Waals surface area contributed by atoms with Crippen LogP contribution in [0.2, 0.25) is 0 Å². The van der Waals surface area contributed by atoms with Crippen LogP contribution in [0.3, 0.4) is 0 Å². The second-order valence-electron chi connectivity index (χ2n) is 7.35. The first-order valence-electron chi connectivity index (χ1n) is 9.90. The third-order valence-electron chi connectivity index (χ3n) is 5.25. The third kappa shape index (κ3) is 3.69. The lowest BCUT2D eigenvalue weighted by molar-refractivity contribution is 0.0690. The standard InChI is InChI=1S/C20H25N7O3/c1-5-12(2)30-19-15(9-26(3)25-19)23-20-22-8-13-6-14(7-21)27(18(13)24-20)16-10-29-11-17(16)28-4/h6,8-9,12,16-17H,5,10-11H2,1-4H3,(H,22,23,24)/t12-,16-,17+/m1/s1. The van der Waals surface area contributed by atoms with Gasteiger partial charge in [0.25, 0.3) is 5.88 Å². The largest absolute Gasteiger partial charge is 0.472 e. The molecule has 10 nitrogen and oxygen atoms in total. The summed E-state index contributed by atoms with van der Waals surface area (Å²) in [5, 5.41) is 18.0.